The molecule has 0 fully saturated rings. The van der Waals surface area contributed by atoms with Gasteiger partial charge in [0.25, 0.3) is 0 Å². The van der Waals surface area contributed by atoms with Crippen molar-refractivity contribution in [2.45, 2.75) is 13.8 Å². The van der Waals surface area contributed by atoms with Crippen molar-refractivity contribution in [3.05, 3.63) is 76.9 Å². The average Bonchev–Trinajstić information content (AvgIpc) is 2.64. The molecule has 0 saturated heterocycles. The number of Topliss-reactive ketones (excluding diaryl/α,β-unsaturated/α-hetero) is 1. The van der Waals surface area contributed by atoms with Crippen molar-refractivity contribution in [3.8, 4) is 11.8 Å². The number of carbonyl (C=O) groups is 2. The maximum absolute atomic E-state index is 12.3. The van der Waals surface area contributed by atoms with Crippen LogP contribution in [0.1, 0.15) is 30.5 Å². The van der Waals surface area contributed by atoms with Crippen molar-refractivity contribution in [3.63, 3.8) is 0 Å². The molecule has 0 amide bonds. The van der Waals surface area contributed by atoms with Crippen LogP contribution in [0.15, 0.2) is 60.2 Å². The van der Waals surface area contributed by atoms with Crippen LogP contribution >= 0.6 is 0 Å². The number of hydrogen-bond donors (Lipinski definition) is 0. The van der Waals surface area contributed by atoms with Crippen LogP contribution in [-0.4, -0.2) is 18.9 Å². The van der Waals surface area contributed by atoms with Gasteiger partial charge in [0.2, 0.25) is 0 Å². The van der Waals surface area contributed by atoms with Crippen molar-refractivity contribution in [1.29, 1.82) is 0 Å². The maximum atomic E-state index is 12.3. The number of methoxy groups -OCH3 is 1. The molecule has 2 aromatic rings. The van der Waals surface area contributed by atoms with E-state index in [9.17, 15) is 9.59 Å². The summed E-state index contributed by atoms with van der Waals surface area (Å²) in [6.45, 7) is 3.50. The number of ketones is 1. The Bertz CT molecular complexity index is 850. The molecule has 0 unspecified atom stereocenters. The predicted octanol–water partition coefficient (Wildman–Crippen LogP) is 3.87. The lowest BCUT2D eigenvalue weighted by atomic mass is 9.97. The minimum Gasteiger partial charge on any atom is -0.465 e. The number of benzene rings is 2. The van der Waals surface area contributed by atoms with E-state index in [1.807, 2.05) is 54.6 Å². The Balaban J connectivity index is 2.47. The van der Waals surface area contributed by atoms with Crippen LogP contribution in [0.3, 0.4) is 0 Å². The third-order valence-corrected chi connectivity index (χ3v) is 3.57. The number of carbonyl (C=O) groups excluding carboxylic acids is 2. The maximum Gasteiger partial charge on any atom is 0.341 e. The normalized spacial score (nSPS) is 10.8. The van der Waals surface area contributed by atoms with Gasteiger partial charge in [0.1, 0.15) is 5.57 Å². The van der Waals surface area contributed by atoms with E-state index in [-0.39, 0.29) is 17.3 Å². The topological polar surface area (TPSA) is 43.4 Å². The monoisotopic (exact) mass is 332 g/mol. The molecular formula is C22H20O3. The van der Waals surface area contributed by atoms with Crippen molar-refractivity contribution >= 4 is 17.8 Å². The largest absolute Gasteiger partial charge is 0.465 e. The second-order valence-corrected chi connectivity index (χ2v) is 5.77. The number of rotatable bonds is 4. The summed E-state index contributed by atoms with van der Waals surface area (Å²) < 4.78 is 4.76. The van der Waals surface area contributed by atoms with Crippen LogP contribution in [0, 0.1) is 17.8 Å². The summed E-state index contributed by atoms with van der Waals surface area (Å²) in [7, 11) is 1.27. The molecule has 0 aliphatic heterocycles. The molecule has 0 radical (unpaired) electrons. The van der Waals surface area contributed by atoms with E-state index in [1.54, 1.807) is 19.9 Å². The molecule has 0 aliphatic carbocycles. The van der Waals surface area contributed by atoms with Crippen LogP contribution in [-0.2, 0) is 14.3 Å². The molecule has 2 aromatic carbocycles. The van der Waals surface area contributed by atoms with E-state index in [0.717, 1.165) is 11.1 Å². The van der Waals surface area contributed by atoms with Crippen LogP contribution in [0.25, 0.3) is 6.08 Å². The van der Waals surface area contributed by atoms with E-state index in [1.165, 1.54) is 7.11 Å². The summed E-state index contributed by atoms with van der Waals surface area (Å²) >= 11 is 0. The van der Waals surface area contributed by atoms with Crippen LogP contribution in [0.4, 0.5) is 0 Å². The van der Waals surface area contributed by atoms with E-state index in [2.05, 4.69) is 11.8 Å². The zero-order valence-electron chi connectivity index (χ0n) is 14.6. The van der Waals surface area contributed by atoms with Crippen LogP contribution < -0.4 is 0 Å². The molecule has 3 nitrogen and oxygen atoms in total. The lowest BCUT2D eigenvalue weighted by molar-refractivity contribution is -0.138. The molecule has 0 aliphatic rings. The van der Waals surface area contributed by atoms with Gasteiger partial charge < -0.3 is 4.74 Å². The van der Waals surface area contributed by atoms with Gasteiger partial charge in [-0.15, -0.1) is 0 Å². The van der Waals surface area contributed by atoms with Crippen molar-refractivity contribution < 1.29 is 14.3 Å². The predicted molar refractivity (Wildman–Crippen MR) is 98.7 cm³/mol. The summed E-state index contributed by atoms with van der Waals surface area (Å²) in [5.74, 6) is 5.01. The lowest BCUT2D eigenvalue weighted by Gasteiger charge is -2.08. The fourth-order valence-electron chi connectivity index (χ4n) is 2.20. The molecule has 0 atom stereocenters. The standard InChI is InChI=1S/C22H20O3/c1-16(2)21(23)20(22(24)25-3)15-19-12-8-7-11-18(19)14-13-17-9-5-4-6-10-17/h4-12,15-16H,1-3H3/b20-15-. The number of esters is 1. The second kappa shape index (κ2) is 8.65. The molecule has 126 valence electrons. The Labute approximate surface area is 148 Å². The van der Waals surface area contributed by atoms with Gasteiger partial charge in [0.15, 0.2) is 5.78 Å². The Kier molecular flexibility index (Phi) is 6.31. The first kappa shape index (κ1) is 18.2. The van der Waals surface area contributed by atoms with Gasteiger partial charge in [-0.05, 0) is 29.8 Å². The summed E-state index contributed by atoms with van der Waals surface area (Å²) in [5, 5.41) is 0. The highest BCUT2D eigenvalue weighted by molar-refractivity contribution is 6.21. The van der Waals surface area contributed by atoms with Gasteiger partial charge in [-0.3, -0.25) is 4.79 Å². The second-order valence-electron chi connectivity index (χ2n) is 5.77. The van der Waals surface area contributed by atoms with E-state index in [0.29, 0.717) is 5.56 Å². The van der Waals surface area contributed by atoms with Gasteiger partial charge >= 0.3 is 5.97 Å². The van der Waals surface area contributed by atoms with Gasteiger partial charge in [-0.2, -0.15) is 0 Å². The van der Waals surface area contributed by atoms with Crippen LogP contribution in [0.2, 0.25) is 0 Å². The minimum atomic E-state index is -0.635. The first-order valence-electron chi connectivity index (χ1n) is 8.03. The van der Waals surface area contributed by atoms with Gasteiger partial charge in [0, 0.05) is 17.0 Å². The fourth-order valence-corrected chi connectivity index (χ4v) is 2.20. The molecule has 3 heteroatoms. The van der Waals surface area contributed by atoms with E-state index < -0.39 is 5.97 Å². The average molecular weight is 332 g/mol. The highest BCUT2D eigenvalue weighted by atomic mass is 16.5. The molecule has 25 heavy (non-hydrogen) atoms. The van der Waals surface area contributed by atoms with Gasteiger partial charge in [-0.1, -0.05) is 62.1 Å². The molecule has 0 saturated carbocycles. The highest BCUT2D eigenvalue weighted by Crippen LogP contribution is 2.16. The third kappa shape index (κ3) is 4.92. The third-order valence-electron chi connectivity index (χ3n) is 3.57. The number of hydrogen-bond acceptors (Lipinski definition) is 3. The van der Waals surface area contributed by atoms with Crippen LogP contribution in [0.5, 0.6) is 0 Å². The SMILES string of the molecule is COC(=O)/C(=C\c1ccccc1C#Cc1ccccc1)C(=O)C(C)C. The molecule has 0 aromatic heterocycles. The molecule has 0 heterocycles. The first-order chi connectivity index (χ1) is 12.0. The van der Waals surface area contributed by atoms with Crippen molar-refractivity contribution in [1.82, 2.24) is 0 Å². The molecule has 0 N–H and O–H groups in total. The quantitative estimate of drug-likeness (QED) is 0.281. The summed E-state index contributed by atoms with van der Waals surface area (Å²) in [6, 6.07) is 17.0. The fraction of sp³-hybridized carbons (Fsp3) is 0.182. The smallest absolute Gasteiger partial charge is 0.341 e. The summed E-state index contributed by atoms with van der Waals surface area (Å²) in [6.07, 6.45) is 1.56. The van der Waals surface area contributed by atoms with Crippen molar-refractivity contribution in [2.75, 3.05) is 7.11 Å². The van der Waals surface area contributed by atoms with E-state index in [4.69, 9.17) is 4.74 Å². The molecular weight excluding hydrogens is 312 g/mol. The number of ether oxygens (including phenoxy) is 1. The highest BCUT2D eigenvalue weighted by Gasteiger charge is 2.21. The van der Waals surface area contributed by atoms with Gasteiger partial charge in [0.05, 0.1) is 7.11 Å². The van der Waals surface area contributed by atoms with Crippen molar-refractivity contribution in [2.24, 2.45) is 5.92 Å². The Hall–Kier alpha value is -3.12. The summed E-state index contributed by atoms with van der Waals surface area (Å²) in [5.41, 5.74) is 2.38. The Morgan fingerprint density at radius 1 is 0.960 bits per heavy atom. The Morgan fingerprint density at radius 2 is 1.60 bits per heavy atom. The minimum absolute atomic E-state index is 0.0338. The van der Waals surface area contributed by atoms with E-state index >= 15 is 0 Å². The molecule has 0 bridgehead atoms. The molecule has 2 rings (SSSR count). The zero-order valence-corrected chi connectivity index (χ0v) is 14.6. The van der Waals surface area contributed by atoms with Gasteiger partial charge in [-0.25, -0.2) is 4.79 Å². The summed E-state index contributed by atoms with van der Waals surface area (Å²) in [4.78, 5) is 24.3. The Morgan fingerprint density at radius 3 is 2.24 bits per heavy atom. The molecule has 0 spiro atoms. The zero-order chi connectivity index (χ0) is 18.2. The first-order valence-corrected chi connectivity index (χ1v) is 8.03. The lowest BCUT2D eigenvalue weighted by Crippen LogP contribution is -2.18.